The van der Waals surface area contributed by atoms with Gasteiger partial charge in [0.2, 0.25) is 5.91 Å². The average molecular weight is 320 g/mol. The lowest BCUT2D eigenvalue weighted by atomic mass is 10.3. The van der Waals surface area contributed by atoms with E-state index in [1.807, 2.05) is 36.6 Å². The van der Waals surface area contributed by atoms with E-state index in [1.54, 1.807) is 30.4 Å². The van der Waals surface area contributed by atoms with Crippen LogP contribution >= 0.6 is 11.3 Å². The summed E-state index contributed by atoms with van der Waals surface area (Å²) >= 11 is 1.56. The number of rotatable bonds is 7. The minimum atomic E-state index is 0.0450. The number of amides is 1. The van der Waals surface area contributed by atoms with Gasteiger partial charge >= 0.3 is 0 Å². The smallest absolute Gasteiger partial charge is 0.228 e. The molecule has 0 fully saturated rings. The lowest BCUT2D eigenvalue weighted by Gasteiger charge is -2.17. The van der Waals surface area contributed by atoms with E-state index in [4.69, 9.17) is 9.47 Å². The zero-order chi connectivity index (χ0) is 15.9. The summed E-state index contributed by atoms with van der Waals surface area (Å²) in [5, 5.41) is 2.91. The molecule has 1 heterocycles. The Balaban J connectivity index is 1.74. The van der Waals surface area contributed by atoms with Crippen LogP contribution in [0.25, 0.3) is 0 Å². The molecule has 2 rings (SSSR count). The van der Waals surface area contributed by atoms with Crippen molar-refractivity contribution >= 4 is 17.2 Å². The maximum atomic E-state index is 12.1. The van der Waals surface area contributed by atoms with Crippen LogP contribution < -0.4 is 9.47 Å². The maximum absolute atomic E-state index is 12.1. The van der Waals surface area contributed by atoms with Gasteiger partial charge in [0.15, 0.2) is 0 Å². The van der Waals surface area contributed by atoms with Gasteiger partial charge in [-0.2, -0.15) is 0 Å². The molecule has 0 atom stereocenters. The lowest BCUT2D eigenvalue weighted by molar-refractivity contribution is -0.129. The Morgan fingerprint density at radius 3 is 2.55 bits per heavy atom. The van der Waals surface area contributed by atoms with Gasteiger partial charge in [0.1, 0.15) is 18.1 Å². The zero-order valence-electron chi connectivity index (χ0n) is 13.0. The summed E-state index contributed by atoms with van der Waals surface area (Å²) in [7, 11) is 3.40. The fourth-order valence-electron chi connectivity index (χ4n) is 1.88. The minimum absolute atomic E-state index is 0.0450. The number of aromatic nitrogens is 1. The third-order valence-corrected chi connectivity index (χ3v) is 4.00. The molecule has 0 aliphatic heterocycles. The second-order valence-electron chi connectivity index (χ2n) is 4.87. The second kappa shape index (κ2) is 7.79. The number of nitrogens with zero attached hydrogens (tertiary/aromatic N) is 2. The predicted octanol–water partition coefficient (Wildman–Crippen LogP) is 2.54. The SMILES string of the molecule is COc1ccc(OCCN(C)C(=O)Cc2csc(C)n2)cc1. The largest absolute Gasteiger partial charge is 0.497 e. The summed E-state index contributed by atoms with van der Waals surface area (Å²) in [6, 6.07) is 7.38. The number of carbonyl (C=O) groups excluding carboxylic acids is 1. The summed E-state index contributed by atoms with van der Waals surface area (Å²) in [6.45, 7) is 2.92. The molecule has 1 aromatic carbocycles. The van der Waals surface area contributed by atoms with Crippen molar-refractivity contribution in [3.63, 3.8) is 0 Å². The molecule has 22 heavy (non-hydrogen) atoms. The van der Waals surface area contributed by atoms with Crippen molar-refractivity contribution in [2.45, 2.75) is 13.3 Å². The van der Waals surface area contributed by atoms with E-state index < -0.39 is 0 Å². The van der Waals surface area contributed by atoms with Crippen LogP contribution in [0.1, 0.15) is 10.7 Å². The van der Waals surface area contributed by atoms with Gasteiger partial charge in [-0.15, -0.1) is 11.3 Å². The predicted molar refractivity (Wildman–Crippen MR) is 86.7 cm³/mol. The van der Waals surface area contributed by atoms with Gasteiger partial charge in [0, 0.05) is 12.4 Å². The van der Waals surface area contributed by atoms with E-state index in [0.29, 0.717) is 19.6 Å². The van der Waals surface area contributed by atoms with Crippen molar-refractivity contribution in [2.24, 2.45) is 0 Å². The average Bonchev–Trinajstić information content (AvgIpc) is 2.93. The van der Waals surface area contributed by atoms with E-state index >= 15 is 0 Å². The standard InChI is InChI=1S/C16H20N2O3S/c1-12-17-13(11-22-12)10-16(19)18(2)8-9-21-15-6-4-14(20-3)5-7-15/h4-7,11H,8-10H2,1-3H3. The van der Waals surface area contributed by atoms with E-state index in [-0.39, 0.29) is 5.91 Å². The normalized spacial score (nSPS) is 10.3. The third kappa shape index (κ3) is 4.73. The van der Waals surface area contributed by atoms with Gasteiger partial charge in [-0.3, -0.25) is 4.79 Å². The van der Waals surface area contributed by atoms with E-state index in [9.17, 15) is 4.79 Å². The first kappa shape index (κ1) is 16.3. The molecular formula is C16H20N2O3S. The number of hydrogen-bond donors (Lipinski definition) is 0. The molecule has 0 saturated heterocycles. The number of aryl methyl sites for hydroxylation is 1. The van der Waals surface area contributed by atoms with Crippen molar-refractivity contribution in [1.82, 2.24) is 9.88 Å². The molecule has 6 heteroatoms. The number of ether oxygens (including phenoxy) is 2. The van der Waals surface area contributed by atoms with Gasteiger partial charge in [0.25, 0.3) is 0 Å². The fraction of sp³-hybridized carbons (Fsp3) is 0.375. The zero-order valence-corrected chi connectivity index (χ0v) is 13.9. The number of benzene rings is 1. The van der Waals surface area contributed by atoms with Gasteiger partial charge in [-0.05, 0) is 31.2 Å². The first-order valence-electron chi connectivity index (χ1n) is 7.00. The molecule has 0 aliphatic carbocycles. The molecule has 0 radical (unpaired) electrons. The maximum Gasteiger partial charge on any atom is 0.228 e. The Kier molecular flexibility index (Phi) is 5.77. The second-order valence-corrected chi connectivity index (χ2v) is 5.94. The first-order chi connectivity index (χ1) is 10.6. The summed E-state index contributed by atoms with van der Waals surface area (Å²) in [4.78, 5) is 18.0. The van der Waals surface area contributed by atoms with Crippen LogP contribution in [0.3, 0.4) is 0 Å². The van der Waals surface area contributed by atoms with E-state index in [0.717, 1.165) is 22.2 Å². The molecule has 0 saturated carbocycles. The molecule has 0 N–H and O–H groups in total. The lowest BCUT2D eigenvalue weighted by Crippen LogP contribution is -2.32. The topological polar surface area (TPSA) is 51.7 Å². The minimum Gasteiger partial charge on any atom is -0.497 e. The molecule has 0 spiro atoms. The summed E-state index contributed by atoms with van der Waals surface area (Å²) < 4.78 is 10.7. The van der Waals surface area contributed by atoms with Crippen molar-refractivity contribution in [3.05, 3.63) is 40.3 Å². The summed E-state index contributed by atoms with van der Waals surface area (Å²) in [5.41, 5.74) is 0.829. The van der Waals surface area contributed by atoms with Crippen LogP contribution in [0.2, 0.25) is 0 Å². The molecule has 1 aromatic heterocycles. The van der Waals surface area contributed by atoms with Gasteiger partial charge in [-0.1, -0.05) is 0 Å². The van der Waals surface area contributed by atoms with Crippen LogP contribution in [0.15, 0.2) is 29.6 Å². The molecular weight excluding hydrogens is 300 g/mol. The molecule has 0 aliphatic rings. The van der Waals surface area contributed by atoms with Crippen LogP contribution in [-0.4, -0.2) is 43.1 Å². The summed E-state index contributed by atoms with van der Waals surface area (Å²) in [6.07, 6.45) is 0.337. The quantitative estimate of drug-likeness (QED) is 0.787. The monoisotopic (exact) mass is 320 g/mol. The number of thiazole rings is 1. The van der Waals surface area contributed by atoms with Crippen LogP contribution in [0.5, 0.6) is 11.5 Å². The Bertz CT molecular complexity index is 610. The first-order valence-corrected chi connectivity index (χ1v) is 7.88. The molecule has 5 nitrogen and oxygen atoms in total. The van der Waals surface area contributed by atoms with Gasteiger partial charge in [-0.25, -0.2) is 4.98 Å². The Morgan fingerprint density at radius 2 is 1.95 bits per heavy atom. The van der Waals surface area contributed by atoms with Crippen LogP contribution in [-0.2, 0) is 11.2 Å². The van der Waals surface area contributed by atoms with E-state index in [1.165, 1.54) is 0 Å². The van der Waals surface area contributed by atoms with Gasteiger partial charge < -0.3 is 14.4 Å². The molecule has 0 unspecified atom stereocenters. The molecule has 1 amide bonds. The van der Waals surface area contributed by atoms with Crippen LogP contribution in [0, 0.1) is 6.92 Å². The number of hydrogen-bond acceptors (Lipinski definition) is 5. The summed E-state index contributed by atoms with van der Waals surface area (Å²) in [5.74, 6) is 1.60. The van der Waals surface area contributed by atoms with Crippen molar-refractivity contribution in [1.29, 1.82) is 0 Å². The highest BCUT2D eigenvalue weighted by Gasteiger charge is 2.11. The third-order valence-electron chi connectivity index (χ3n) is 3.18. The highest BCUT2D eigenvalue weighted by molar-refractivity contribution is 7.09. The van der Waals surface area contributed by atoms with Gasteiger partial charge in [0.05, 0.1) is 30.8 Å². The Morgan fingerprint density at radius 1 is 1.27 bits per heavy atom. The molecule has 0 bridgehead atoms. The highest BCUT2D eigenvalue weighted by Crippen LogP contribution is 2.16. The van der Waals surface area contributed by atoms with Crippen molar-refractivity contribution in [2.75, 3.05) is 27.3 Å². The molecule has 118 valence electrons. The number of methoxy groups -OCH3 is 1. The Hall–Kier alpha value is -2.08. The molecule has 2 aromatic rings. The Labute approximate surface area is 134 Å². The number of carbonyl (C=O) groups is 1. The number of likely N-dealkylation sites (N-methyl/N-ethyl adjacent to an activating group) is 1. The van der Waals surface area contributed by atoms with Crippen molar-refractivity contribution in [3.8, 4) is 11.5 Å². The fourth-order valence-corrected chi connectivity index (χ4v) is 2.49. The van der Waals surface area contributed by atoms with Crippen molar-refractivity contribution < 1.29 is 14.3 Å². The highest BCUT2D eigenvalue weighted by atomic mass is 32.1. The van der Waals surface area contributed by atoms with Crippen LogP contribution in [0.4, 0.5) is 0 Å². The van der Waals surface area contributed by atoms with E-state index in [2.05, 4.69) is 4.98 Å².